The van der Waals surface area contributed by atoms with Crippen molar-refractivity contribution in [1.82, 2.24) is 0 Å². The van der Waals surface area contributed by atoms with Crippen molar-refractivity contribution >= 4 is 17.9 Å². The predicted molar refractivity (Wildman–Crippen MR) is 53.7 cm³/mol. The van der Waals surface area contributed by atoms with Gasteiger partial charge in [0.2, 0.25) is 0 Å². The summed E-state index contributed by atoms with van der Waals surface area (Å²) < 4.78 is 0. The van der Waals surface area contributed by atoms with E-state index in [1.54, 1.807) is 13.8 Å². The van der Waals surface area contributed by atoms with E-state index < -0.39 is 24.3 Å². The van der Waals surface area contributed by atoms with Gasteiger partial charge in [-0.05, 0) is 0 Å². The van der Waals surface area contributed by atoms with Gasteiger partial charge in [-0.3, -0.25) is 14.4 Å². The van der Waals surface area contributed by atoms with Gasteiger partial charge in [0, 0.05) is 29.9 Å². The summed E-state index contributed by atoms with van der Waals surface area (Å²) in [6, 6.07) is 1.47. The summed E-state index contributed by atoms with van der Waals surface area (Å²) in [6.45, 7) is 3.20. The first-order valence-corrected chi connectivity index (χ1v) is 4.34. The van der Waals surface area contributed by atoms with Gasteiger partial charge in [0.15, 0.2) is 0 Å². The van der Waals surface area contributed by atoms with E-state index >= 15 is 0 Å². The number of hydrogen-bond donors (Lipinski definition) is 3. The maximum atomic E-state index is 9.38. The fourth-order valence-corrected chi connectivity index (χ4v) is 0.0676. The smallest absolute Gasteiger partial charge is 0.317 e. The molecule has 0 aliphatic carbocycles. The monoisotopic (exact) mass is 296 g/mol. The first kappa shape index (κ1) is 24.6. The quantitative estimate of drug-likeness (QED) is 0.659. The van der Waals surface area contributed by atoms with Crippen LogP contribution in [0.2, 0.25) is 0 Å². The molecular formula is C9H15CuNO6. The Morgan fingerprint density at radius 3 is 1.18 bits per heavy atom. The summed E-state index contributed by atoms with van der Waals surface area (Å²) in [5.74, 6) is -2.56. The molecule has 3 N–H and O–H groups in total. The molecule has 0 aliphatic rings. The molecule has 0 aliphatic heterocycles. The maximum Gasteiger partial charge on any atom is 0.317 e. The van der Waals surface area contributed by atoms with Crippen LogP contribution in [0.5, 0.6) is 0 Å². The van der Waals surface area contributed by atoms with Crippen molar-refractivity contribution in [3.63, 3.8) is 0 Å². The third-order valence-corrected chi connectivity index (χ3v) is 0.835. The van der Waals surface area contributed by atoms with Crippen LogP contribution in [0.15, 0.2) is 0 Å². The summed E-state index contributed by atoms with van der Waals surface area (Å²) in [5.41, 5.74) is 0. The van der Waals surface area contributed by atoms with Crippen molar-refractivity contribution in [2.45, 2.75) is 33.1 Å². The van der Waals surface area contributed by atoms with E-state index in [-0.39, 0.29) is 29.9 Å². The van der Waals surface area contributed by atoms with Crippen molar-refractivity contribution in [2.75, 3.05) is 0 Å². The number of nitriles is 1. The van der Waals surface area contributed by atoms with Crippen LogP contribution < -0.4 is 0 Å². The minimum Gasteiger partial charge on any atom is -0.481 e. The molecule has 0 rings (SSSR count). The number of carbonyl (C=O) groups is 3. The Labute approximate surface area is 110 Å². The zero-order valence-electron chi connectivity index (χ0n) is 9.44. The predicted octanol–water partition coefficient (Wildman–Crippen LogP) is 0.944. The average molecular weight is 297 g/mol. The topological polar surface area (TPSA) is 136 Å². The first-order chi connectivity index (χ1) is 7.31. The van der Waals surface area contributed by atoms with Crippen LogP contribution in [-0.2, 0) is 31.5 Å². The molecule has 0 atom stereocenters. The van der Waals surface area contributed by atoms with Gasteiger partial charge in [-0.15, -0.1) is 0 Å². The third-order valence-electron chi connectivity index (χ3n) is 0.835. The molecule has 7 nitrogen and oxygen atoms in total. The normalized spacial score (nSPS) is 6.65. The second-order valence-corrected chi connectivity index (χ2v) is 2.22. The maximum absolute atomic E-state index is 9.38. The Bertz CT molecular complexity index is 247. The van der Waals surface area contributed by atoms with Gasteiger partial charge in [-0.2, -0.15) is 5.26 Å². The minimum atomic E-state index is -1.07. The second-order valence-electron chi connectivity index (χ2n) is 2.22. The summed E-state index contributed by atoms with van der Waals surface area (Å²) >= 11 is 0. The molecule has 0 aromatic rings. The van der Waals surface area contributed by atoms with E-state index in [4.69, 9.17) is 20.6 Å². The molecule has 0 aromatic heterocycles. The van der Waals surface area contributed by atoms with Crippen LogP contribution in [0.3, 0.4) is 0 Å². The fourth-order valence-electron chi connectivity index (χ4n) is 0.0676. The van der Waals surface area contributed by atoms with Crippen molar-refractivity contribution in [3.05, 3.63) is 0 Å². The Hall–Kier alpha value is -1.58. The third kappa shape index (κ3) is 75.7. The van der Waals surface area contributed by atoms with Crippen molar-refractivity contribution < 1.29 is 46.8 Å². The molecule has 0 spiro atoms. The van der Waals surface area contributed by atoms with Gasteiger partial charge in [-0.1, -0.05) is 13.8 Å². The number of hydrogen-bond acceptors (Lipinski definition) is 4. The molecule has 0 saturated heterocycles. The van der Waals surface area contributed by atoms with Crippen LogP contribution in [0, 0.1) is 11.3 Å². The molecular weight excluding hydrogens is 282 g/mol. The van der Waals surface area contributed by atoms with Crippen LogP contribution in [0.4, 0.5) is 0 Å². The molecule has 0 aromatic carbocycles. The largest absolute Gasteiger partial charge is 0.481 e. The second kappa shape index (κ2) is 19.9. The molecule has 1 radical (unpaired) electrons. The number of carboxylic acids is 3. The fraction of sp³-hybridized carbons (Fsp3) is 0.556. The molecule has 17 heavy (non-hydrogen) atoms. The summed E-state index contributed by atoms with van der Waals surface area (Å²) in [4.78, 5) is 28.1. The molecule has 0 amide bonds. The first-order valence-electron chi connectivity index (χ1n) is 4.34. The van der Waals surface area contributed by atoms with Gasteiger partial charge in [-0.25, -0.2) is 0 Å². The van der Waals surface area contributed by atoms with Crippen LogP contribution >= 0.6 is 0 Å². The number of nitrogens with zero attached hydrogens (tertiary/aromatic N) is 1. The zero-order chi connectivity index (χ0) is 13.6. The van der Waals surface area contributed by atoms with E-state index in [1.165, 1.54) is 6.07 Å². The SMILES string of the molecule is CCC(=O)O.CCC(=O)O.N#CCC(=O)O.[Cu]. The standard InChI is InChI=1S/C3H3NO2.2C3H6O2.Cu/c4-2-1-3(5)6;2*1-2-3(4)5;/h1H2,(H,5,6);2*2H2,1H3,(H,4,5);. The molecule has 0 unspecified atom stereocenters. The van der Waals surface area contributed by atoms with Crippen LogP contribution in [0.25, 0.3) is 0 Å². The van der Waals surface area contributed by atoms with E-state index in [0.29, 0.717) is 0 Å². The zero-order valence-corrected chi connectivity index (χ0v) is 10.4. The molecule has 0 fully saturated rings. The Morgan fingerprint density at radius 1 is 0.941 bits per heavy atom. The molecule has 0 saturated carbocycles. The van der Waals surface area contributed by atoms with Crippen molar-refractivity contribution in [3.8, 4) is 6.07 Å². The Balaban J connectivity index is -0.0000000729. The van der Waals surface area contributed by atoms with Crippen molar-refractivity contribution in [1.29, 1.82) is 5.26 Å². The summed E-state index contributed by atoms with van der Waals surface area (Å²) in [7, 11) is 0. The van der Waals surface area contributed by atoms with E-state index in [0.717, 1.165) is 0 Å². The van der Waals surface area contributed by atoms with E-state index in [9.17, 15) is 14.4 Å². The molecule has 0 bridgehead atoms. The molecule has 103 valence electrons. The summed E-state index contributed by atoms with van der Waals surface area (Å²) in [6.07, 6.45) is 0.0417. The van der Waals surface area contributed by atoms with Gasteiger partial charge < -0.3 is 15.3 Å². The molecule has 0 heterocycles. The van der Waals surface area contributed by atoms with E-state index in [2.05, 4.69) is 0 Å². The van der Waals surface area contributed by atoms with Crippen LogP contribution in [-0.4, -0.2) is 33.2 Å². The van der Waals surface area contributed by atoms with Gasteiger partial charge in [0.05, 0.1) is 6.07 Å². The average Bonchev–Trinajstić information content (AvgIpc) is 2.19. The Kier molecular flexibility index (Phi) is 28.8. The van der Waals surface area contributed by atoms with E-state index in [1.807, 2.05) is 0 Å². The Morgan fingerprint density at radius 2 is 1.18 bits per heavy atom. The van der Waals surface area contributed by atoms with Gasteiger partial charge in [0.1, 0.15) is 6.42 Å². The van der Waals surface area contributed by atoms with Gasteiger partial charge >= 0.3 is 17.9 Å². The number of aliphatic carboxylic acids is 3. The van der Waals surface area contributed by atoms with Gasteiger partial charge in [0.25, 0.3) is 0 Å². The minimum absolute atomic E-state index is 0. The van der Waals surface area contributed by atoms with Crippen LogP contribution in [0.1, 0.15) is 33.1 Å². The summed E-state index contributed by atoms with van der Waals surface area (Å²) in [5, 5.41) is 30.7. The van der Waals surface area contributed by atoms with Crippen molar-refractivity contribution in [2.24, 2.45) is 0 Å². The number of rotatable bonds is 3. The molecule has 8 heteroatoms. The number of carboxylic acid groups (broad SMARTS) is 3.